The number of rotatable bonds is 5. The highest BCUT2D eigenvalue weighted by atomic mass is 16.7. The van der Waals surface area contributed by atoms with E-state index >= 15 is 0 Å². The summed E-state index contributed by atoms with van der Waals surface area (Å²) in [5, 5.41) is 2.90. The van der Waals surface area contributed by atoms with Crippen molar-refractivity contribution in [2.45, 2.75) is 18.6 Å². The van der Waals surface area contributed by atoms with Gasteiger partial charge in [-0.3, -0.25) is 9.78 Å². The third-order valence-corrected chi connectivity index (χ3v) is 4.52. The van der Waals surface area contributed by atoms with Gasteiger partial charge >= 0.3 is 0 Å². The molecule has 2 aliphatic heterocycles. The first-order valence-electron chi connectivity index (χ1n) is 8.50. The molecule has 0 radical (unpaired) electrons. The summed E-state index contributed by atoms with van der Waals surface area (Å²) in [5.74, 6) is -0.509. The average molecular weight is 334 g/mol. The Bertz CT molecular complexity index is 563. The summed E-state index contributed by atoms with van der Waals surface area (Å²) < 4.78 is 11.5. The molecule has 1 aromatic rings. The SMILES string of the molecule is CN(C)CCNC(=O)c1cc(N2CCC3(CC2)OCCO3)ccn1. The van der Waals surface area contributed by atoms with Gasteiger partial charge in [-0.05, 0) is 26.2 Å². The van der Waals surface area contributed by atoms with Crippen LogP contribution in [0.5, 0.6) is 0 Å². The fourth-order valence-electron chi connectivity index (χ4n) is 3.12. The number of likely N-dealkylation sites (N-methyl/N-ethyl adjacent to an activating group) is 1. The molecular weight excluding hydrogens is 308 g/mol. The molecule has 1 spiro atoms. The smallest absolute Gasteiger partial charge is 0.269 e. The lowest BCUT2D eigenvalue weighted by Gasteiger charge is -2.38. The van der Waals surface area contributed by atoms with E-state index in [4.69, 9.17) is 9.47 Å². The maximum absolute atomic E-state index is 12.2. The monoisotopic (exact) mass is 334 g/mol. The van der Waals surface area contributed by atoms with Gasteiger partial charge in [-0.1, -0.05) is 0 Å². The van der Waals surface area contributed by atoms with Crippen LogP contribution in [-0.4, -0.2) is 75.1 Å². The van der Waals surface area contributed by atoms with Crippen molar-refractivity contribution in [3.05, 3.63) is 24.0 Å². The number of anilines is 1. The zero-order valence-electron chi connectivity index (χ0n) is 14.5. The van der Waals surface area contributed by atoms with E-state index in [2.05, 4.69) is 15.2 Å². The number of piperidine rings is 1. The maximum atomic E-state index is 12.2. The molecule has 0 atom stereocenters. The fraction of sp³-hybridized carbons (Fsp3) is 0.647. The predicted molar refractivity (Wildman–Crippen MR) is 91.2 cm³/mol. The first kappa shape index (κ1) is 17.1. The van der Waals surface area contributed by atoms with Crippen LogP contribution in [0.1, 0.15) is 23.3 Å². The molecule has 0 aliphatic carbocycles. The summed E-state index contributed by atoms with van der Waals surface area (Å²) in [6, 6.07) is 3.81. The quantitative estimate of drug-likeness (QED) is 0.856. The summed E-state index contributed by atoms with van der Waals surface area (Å²) in [7, 11) is 3.96. The van der Waals surface area contributed by atoms with E-state index in [9.17, 15) is 4.79 Å². The molecule has 3 rings (SSSR count). The first-order chi connectivity index (χ1) is 11.6. The zero-order valence-corrected chi connectivity index (χ0v) is 14.5. The second-order valence-electron chi connectivity index (χ2n) is 6.55. The fourth-order valence-corrected chi connectivity index (χ4v) is 3.12. The molecule has 24 heavy (non-hydrogen) atoms. The van der Waals surface area contributed by atoms with Crippen molar-refractivity contribution in [2.75, 3.05) is 58.4 Å². The van der Waals surface area contributed by atoms with E-state index in [1.807, 2.05) is 31.1 Å². The highest BCUT2D eigenvalue weighted by Crippen LogP contribution is 2.33. The van der Waals surface area contributed by atoms with Gasteiger partial charge < -0.3 is 24.6 Å². The predicted octanol–water partition coefficient (Wildman–Crippen LogP) is 0.716. The highest BCUT2D eigenvalue weighted by molar-refractivity contribution is 5.93. The molecule has 1 N–H and O–H groups in total. The number of carbonyl (C=O) groups is 1. The van der Waals surface area contributed by atoms with Crippen molar-refractivity contribution in [1.82, 2.24) is 15.2 Å². The van der Waals surface area contributed by atoms with Gasteiger partial charge in [0.1, 0.15) is 5.69 Å². The Hall–Kier alpha value is -1.70. The van der Waals surface area contributed by atoms with E-state index in [-0.39, 0.29) is 11.7 Å². The lowest BCUT2D eigenvalue weighted by molar-refractivity contribution is -0.169. The van der Waals surface area contributed by atoms with Gasteiger partial charge in [0.15, 0.2) is 5.79 Å². The number of amides is 1. The van der Waals surface area contributed by atoms with Crippen LogP contribution < -0.4 is 10.2 Å². The van der Waals surface area contributed by atoms with E-state index in [0.29, 0.717) is 25.5 Å². The lowest BCUT2D eigenvalue weighted by Crippen LogP contribution is -2.45. The minimum Gasteiger partial charge on any atom is -0.371 e. The minimum absolute atomic E-state index is 0.130. The minimum atomic E-state index is -0.379. The van der Waals surface area contributed by atoms with Gasteiger partial charge in [0.25, 0.3) is 5.91 Å². The lowest BCUT2D eigenvalue weighted by atomic mass is 10.0. The van der Waals surface area contributed by atoms with Gasteiger partial charge in [0.2, 0.25) is 0 Å². The summed E-state index contributed by atoms with van der Waals surface area (Å²) in [6.07, 6.45) is 3.39. The Morgan fingerprint density at radius 3 is 2.71 bits per heavy atom. The van der Waals surface area contributed by atoms with Crippen molar-refractivity contribution in [2.24, 2.45) is 0 Å². The van der Waals surface area contributed by atoms with E-state index in [1.54, 1.807) is 6.20 Å². The Morgan fingerprint density at radius 1 is 1.33 bits per heavy atom. The number of hydrogen-bond donors (Lipinski definition) is 1. The van der Waals surface area contributed by atoms with Gasteiger partial charge in [-0.25, -0.2) is 0 Å². The van der Waals surface area contributed by atoms with Gasteiger partial charge in [0.05, 0.1) is 13.2 Å². The maximum Gasteiger partial charge on any atom is 0.269 e. The number of pyridine rings is 1. The average Bonchev–Trinajstić information content (AvgIpc) is 3.03. The first-order valence-corrected chi connectivity index (χ1v) is 8.50. The molecule has 0 unspecified atom stereocenters. The van der Waals surface area contributed by atoms with Gasteiger partial charge in [0, 0.05) is 50.9 Å². The van der Waals surface area contributed by atoms with Gasteiger partial charge in [-0.2, -0.15) is 0 Å². The second kappa shape index (κ2) is 7.46. The summed E-state index contributed by atoms with van der Waals surface area (Å²) >= 11 is 0. The molecule has 7 heteroatoms. The van der Waals surface area contributed by atoms with Crippen LogP contribution in [0.3, 0.4) is 0 Å². The third kappa shape index (κ3) is 4.03. The molecule has 1 amide bonds. The van der Waals surface area contributed by atoms with Crippen molar-refractivity contribution in [3.8, 4) is 0 Å². The number of nitrogens with zero attached hydrogens (tertiary/aromatic N) is 3. The molecule has 0 saturated carbocycles. The second-order valence-corrected chi connectivity index (χ2v) is 6.55. The summed E-state index contributed by atoms with van der Waals surface area (Å²) in [6.45, 7) is 4.49. The van der Waals surface area contributed by atoms with Crippen LogP contribution in [0.2, 0.25) is 0 Å². The molecule has 2 saturated heterocycles. The Morgan fingerprint density at radius 2 is 2.04 bits per heavy atom. The molecule has 1 aromatic heterocycles. The van der Waals surface area contributed by atoms with Crippen LogP contribution >= 0.6 is 0 Å². The third-order valence-electron chi connectivity index (χ3n) is 4.52. The van der Waals surface area contributed by atoms with Crippen molar-refractivity contribution >= 4 is 11.6 Å². The molecule has 2 fully saturated rings. The molecule has 7 nitrogen and oxygen atoms in total. The van der Waals surface area contributed by atoms with Crippen LogP contribution in [-0.2, 0) is 9.47 Å². The molecule has 3 heterocycles. The Balaban J connectivity index is 1.58. The number of carbonyl (C=O) groups excluding carboxylic acids is 1. The molecule has 132 valence electrons. The molecular formula is C17H26N4O3. The molecule has 0 aromatic carbocycles. The Labute approximate surface area is 142 Å². The highest BCUT2D eigenvalue weighted by Gasteiger charge is 2.39. The van der Waals surface area contributed by atoms with E-state index in [0.717, 1.165) is 38.2 Å². The van der Waals surface area contributed by atoms with Crippen LogP contribution in [0, 0.1) is 0 Å². The van der Waals surface area contributed by atoms with Crippen LogP contribution in [0.15, 0.2) is 18.3 Å². The standard InChI is InChI=1S/C17H26N4O3/c1-20(2)10-7-19-16(22)15-13-14(3-6-18-15)21-8-4-17(5-9-21)23-11-12-24-17/h3,6,13H,4-5,7-12H2,1-2H3,(H,19,22). The largest absolute Gasteiger partial charge is 0.371 e. The number of ether oxygens (including phenoxy) is 2. The normalized spacial score (nSPS) is 19.9. The zero-order chi connectivity index (χ0) is 17.0. The van der Waals surface area contributed by atoms with E-state index in [1.165, 1.54) is 0 Å². The molecule has 0 bridgehead atoms. The summed E-state index contributed by atoms with van der Waals surface area (Å²) in [5.41, 5.74) is 1.48. The van der Waals surface area contributed by atoms with Crippen LogP contribution in [0.4, 0.5) is 5.69 Å². The van der Waals surface area contributed by atoms with Gasteiger partial charge in [-0.15, -0.1) is 0 Å². The van der Waals surface area contributed by atoms with E-state index < -0.39 is 0 Å². The topological polar surface area (TPSA) is 66.9 Å². The Kier molecular flexibility index (Phi) is 5.33. The summed E-state index contributed by atoms with van der Waals surface area (Å²) in [4.78, 5) is 20.7. The number of nitrogens with one attached hydrogen (secondary N) is 1. The van der Waals surface area contributed by atoms with Crippen LogP contribution in [0.25, 0.3) is 0 Å². The van der Waals surface area contributed by atoms with Crippen molar-refractivity contribution in [3.63, 3.8) is 0 Å². The van der Waals surface area contributed by atoms with Crippen molar-refractivity contribution < 1.29 is 14.3 Å². The number of hydrogen-bond acceptors (Lipinski definition) is 6. The van der Waals surface area contributed by atoms with Crippen molar-refractivity contribution in [1.29, 1.82) is 0 Å². The number of aromatic nitrogens is 1. The molecule has 2 aliphatic rings.